The Kier molecular flexibility index (Phi) is 11.4. The quantitative estimate of drug-likeness (QED) is 0.370. The van der Waals surface area contributed by atoms with Gasteiger partial charge >= 0.3 is 0 Å². The van der Waals surface area contributed by atoms with E-state index in [1.807, 2.05) is 0 Å². The maximum atomic E-state index is 5.42. The van der Waals surface area contributed by atoms with Crippen LogP contribution in [0.1, 0.15) is 47.0 Å². The van der Waals surface area contributed by atoms with Crippen LogP contribution >= 0.6 is 0 Å². The molecule has 21 heavy (non-hydrogen) atoms. The third-order valence-corrected chi connectivity index (χ3v) is 3.12. The van der Waals surface area contributed by atoms with Gasteiger partial charge in [0.25, 0.3) is 0 Å². The fourth-order valence-corrected chi connectivity index (χ4v) is 1.78. The smallest absolute Gasteiger partial charge is 0.191 e. The average molecular weight is 301 g/mol. The van der Waals surface area contributed by atoms with Gasteiger partial charge in [0.2, 0.25) is 0 Å². The van der Waals surface area contributed by atoms with E-state index in [0.29, 0.717) is 24.7 Å². The number of nitrogens with zero attached hydrogens (tertiary/aromatic N) is 1. The fourth-order valence-electron chi connectivity index (χ4n) is 1.78. The van der Waals surface area contributed by atoms with E-state index < -0.39 is 0 Å². The molecule has 0 aromatic heterocycles. The molecule has 0 saturated heterocycles. The summed E-state index contributed by atoms with van der Waals surface area (Å²) >= 11 is 0. The molecule has 0 spiro atoms. The van der Waals surface area contributed by atoms with Gasteiger partial charge in [-0.3, -0.25) is 4.99 Å². The van der Waals surface area contributed by atoms with Gasteiger partial charge in [0.15, 0.2) is 5.96 Å². The van der Waals surface area contributed by atoms with E-state index in [9.17, 15) is 0 Å². The monoisotopic (exact) mass is 301 g/mol. The molecule has 0 radical (unpaired) electrons. The van der Waals surface area contributed by atoms with E-state index in [2.05, 4.69) is 43.3 Å². The van der Waals surface area contributed by atoms with Crippen LogP contribution in [0, 0.1) is 5.41 Å². The molecule has 0 fully saturated rings. The molecule has 0 bridgehead atoms. The first-order valence-corrected chi connectivity index (χ1v) is 7.93. The van der Waals surface area contributed by atoms with Crippen LogP contribution in [-0.4, -0.2) is 52.5 Å². The topological polar surface area (TPSA) is 54.9 Å². The van der Waals surface area contributed by atoms with Crippen LogP contribution in [0.15, 0.2) is 4.99 Å². The minimum Gasteiger partial charge on any atom is -0.382 e. The molecular formula is C16H35N3O2. The van der Waals surface area contributed by atoms with Crippen molar-refractivity contribution < 1.29 is 9.47 Å². The molecular weight excluding hydrogens is 266 g/mol. The van der Waals surface area contributed by atoms with E-state index in [-0.39, 0.29) is 0 Å². The highest BCUT2D eigenvalue weighted by Crippen LogP contribution is 2.21. The summed E-state index contributed by atoms with van der Waals surface area (Å²) in [6, 6.07) is 0.424. The van der Waals surface area contributed by atoms with Crippen molar-refractivity contribution in [2.45, 2.75) is 53.0 Å². The lowest BCUT2D eigenvalue weighted by atomic mass is 9.89. The van der Waals surface area contributed by atoms with Crippen molar-refractivity contribution in [3.63, 3.8) is 0 Å². The lowest BCUT2D eigenvalue weighted by Crippen LogP contribution is -2.43. The number of ether oxygens (including phenoxy) is 2. The van der Waals surface area contributed by atoms with Crippen LogP contribution < -0.4 is 10.6 Å². The normalized spacial score (nSPS) is 14.1. The first kappa shape index (κ1) is 20.2. The maximum Gasteiger partial charge on any atom is 0.191 e. The Morgan fingerprint density at radius 3 is 2.48 bits per heavy atom. The second-order valence-electron chi connectivity index (χ2n) is 6.60. The van der Waals surface area contributed by atoms with Crippen molar-refractivity contribution in [1.29, 1.82) is 0 Å². The molecule has 0 amide bonds. The van der Waals surface area contributed by atoms with E-state index in [4.69, 9.17) is 9.47 Å². The second kappa shape index (κ2) is 11.8. The predicted molar refractivity (Wildman–Crippen MR) is 90.0 cm³/mol. The van der Waals surface area contributed by atoms with Gasteiger partial charge in [-0.15, -0.1) is 0 Å². The van der Waals surface area contributed by atoms with Gasteiger partial charge in [-0.05, 0) is 31.6 Å². The summed E-state index contributed by atoms with van der Waals surface area (Å²) in [7, 11) is 3.49. The minimum atomic E-state index is 0.381. The zero-order valence-corrected chi connectivity index (χ0v) is 14.8. The molecule has 0 rings (SSSR count). The summed E-state index contributed by atoms with van der Waals surface area (Å²) in [6.07, 6.45) is 3.30. The Balaban J connectivity index is 3.71. The average Bonchev–Trinajstić information content (AvgIpc) is 2.42. The first-order chi connectivity index (χ1) is 9.89. The Morgan fingerprint density at radius 2 is 1.90 bits per heavy atom. The molecule has 0 heterocycles. The standard InChI is InChI=1S/C16H35N3O2/c1-14(8-9-16(2,3)4)19-15(17-5)18-10-7-11-21-13-12-20-6/h14H,7-13H2,1-6H3,(H2,17,18,19). The van der Waals surface area contributed by atoms with Gasteiger partial charge in [-0.1, -0.05) is 20.8 Å². The van der Waals surface area contributed by atoms with E-state index in [1.165, 1.54) is 6.42 Å². The summed E-state index contributed by atoms with van der Waals surface area (Å²) in [4.78, 5) is 4.25. The number of aliphatic imine (C=N–C) groups is 1. The highest BCUT2D eigenvalue weighted by molar-refractivity contribution is 5.79. The summed E-state index contributed by atoms with van der Waals surface area (Å²) < 4.78 is 10.3. The summed E-state index contributed by atoms with van der Waals surface area (Å²) in [6.45, 7) is 11.9. The number of hydrogen-bond acceptors (Lipinski definition) is 3. The molecule has 0 saturated carbocycles. The highest BCUT2D eigenvalue weighted by atomic mass is 16.5. The van der Waals surface area contributed by atoms with Crippen molar-refractivity contribution >= 4 is 5.96 Å². The summed E-state index contributed by atoms with van der Waals surface area (Å²) in [5.41, 5.74) is 0.381. The molecule has 2 N–H and O–H groups in total. The molecule has 0 aromatic rings. The SMILES string of the molecule is CN=C(NCCCOCCOC)NC(C)CCC(C)(C)C. The zero-order valence-electron chi connectivity index (χ0n) is 14.8. The Bertz CT molecular complexity index is 275. The van der Waals surface area contributed by atoms with Crippen molar-refractivity contribution in [3.8, 4) is 0 Å². The number of rotatable bonds is 10. The van der Waals surface area contributed by atoms with Gasteiger partial charge in [0.05, 0.1) is 13.2 Å². The molecule has 1 atom stereocenters. The Hall–Kier alpha value is -0.810. The van der Waals surface area contributed by atoms with Gasteiger partial charge in [0.1, 0.15) is 0 Å². The van der Waals surface area contributed by atoms with Crippen molar-refractivity contribution in [1.82, 2.24) is 10.6 Å². The van der Waals surface area contributed by atoms with Crippen molar-refractivity contribution in [2.24, 2.45) is 10.4 Å². The molecule has 5 heteroatoms. The second-order valence-corrected chi connectivity index (χ2v) is 6.60. The van der Waals surface area contributed by atoms with E-state index in [1.54, 1.807) is 14.2 Å². The van der Waals surface area contributed by atoms with Crippen LogP contribution in [-0.2, 0) is 9.47 Å². The van der Waals surface area contributed by atoms with E-state index >= 15 is 0 Å². The van der Waals surface area contributed by atoms with Gasteiger partial charge < -0.3 is 20.1 Å². The van der Waals surface area contributed by atoms with Crippen LogP contribution in [0.3, 0.4) is 0 Å². The lowest BCUT2D eigenvalue weighted by Gasteiger charge is -2.23. The Labute approximate surface area is 130 Å². The molecule has 0 aromatic carbocycles. The van der Waals surface area contributed by atoms with Gasteiger partial charge in [-0.25, -0.2) is 0 Å². The number of guanidine groups is 1. The zero-order chi connectivity index (χ0) is 16.1. The lowest BCUT2D eigenvalue weighted by molar-refractivity contribution is 0.0698. The van der Waals surface area contributed by atoms with Crippen LogP contribution in [0.25, 0.3) is 0 Å². The molecule has 126 valence electrons. The summed E-state index contributed by atoms with van der Waals surface area (Å²) in [5, 5.41) is 6.74. The van der Waals surface area contributed by atoms with Crippen LogP contribution in [0.4, 0.5) is 0 Å². The summed E-state index contributed by atoms with van der Waals surface area (Å²) in [5.74, 6) is 0.869. The number of hydrogen-bond donors (Lipinski definition) is 2. The Morgan fingerprint density at radius 1 is 1.19 bits per heavy atom. The van der Waals surface area contributed by atoms with E-state index in [0.717, 1.165) is 32.0 Å². The van der Waals surface area contributed by atoms with Gasteiger partial charge in [-0.2, -0.15) is 0 Å². The first-order valence-electron chi connectivity index (χ1n) is 7.93. The number of nitrogens with one attached hydrogen (secondary N) is 2. The van der Waals surface area contributed by atoms with Crippen molar-refractivity contribution in [3.05, 3.63) is 0 Å². The van der Waals surface area contributed by atoms with Gasteiger partial charge in [0, 0.05) is 33.4 Å². The number of methoxy groups -OCH3 is 1. The minimum absolute atomic E-state index is 0.381. The molecule has 5 nitrogen and oxygen atoms in total. The van der Waals surface area contributed by atoms with Crippen LogP contribution in [0.2, 0.25) is 0 Å². The van der Waals surface area contributed by atoms with Crippen molar-refractivity contribution in [2.75, 3.05) is 40.5 Å². The molecule has 0 aliphatic rings. The molecule has 1 unspecified atom stereocenters. The fraction of sp³-hybridized carbons (Fsp3) is 0.938. The largest absolute Gasteiger partial charge is 0.382 e. The third kappa shape index (κ3) is 13.9. The van der Waals surface area contributed by atoms with Crippen LogP contribution in [0.5, 0.6) is 0 Å². The molecule has 0 aliphatic carbocycles. The third-order valence-electron chi connectivity index (χ3n) is 3.12. The predicted octanol–water partition coefficient (Wildman–Crippen LogP) is 2.42. The highest BCUT2D eigenvalue weighted by Gasteiger charge is 2.13. The molecule has 0 aliphatic heterocycles. The maximum absolute atomic E-state index is 5.42.